The zero-order chi connectivity index (χ0) is 19.5. The van der Waals surface area contributed by atoms with E-state index in [1.165, 1.54) is 12.1 Å². The summed E-state index contributed by atoms with van der Waals surface area (Å²) in [6.45, 7) is 0.916. The van der Waals surface area contributed by atoms with Crippen molar-refractivity contribution in [3.63, 3.8) is 0 Å². The molecule has 146 valence electrons. The minimum absolute atomic E-state index is 0.0958. The average Bonchev–Trinajstić information content (AvgIpc) is 3.10. The molecule has 4 rings (SSSR count). The molecule has 0 aromatic heterocycles. The Balaban J connectivity index is 1.43. The van der Waals surface area contributed by atoms with Gasteiger partial charge in [0.25, 0.3) is 0 Å². The molecule has 0 saturated heterocycles. The topological polar surface area (TPSA) is 41.9 Å². The number of hydrogen-bond donors (Lipinski definition) is 0. The van der Waals surface area contributed by atoms with Gasteiger partial charge in [-0.1, -0.05) is 47.4 Å². The Bertz CT molecular complexity index is 863. The van der Waals surface area contributed by atoms with Crippen molar-refractivity contribution in [1.29, 1.82) is 0 Å². The fourth-order valence-corrected chi connectivity index (χ4v) is 3.67. The number of nitrogens with zero attached hydrogens (tertiary/aromatic N) is 2. The molecular weight excluding hydrogens is 379 g/mol. The first-order chi connectivity index (χ1) is 13.6. The van der Waals surface area contributed by atoms with Gasteiger partial charge in [0, 0.05) is 23.9 Å². The van der Waals surface area contributed by atoms with Gasteiger partial charge in [-0.3, -0.25) is 4.79 Å². The van der Waals surface area contributed by atoms with Gasteiger partial charge in [-0.05, 0) is 48.2 Å². The molecule has 2 aromatic rings. The normalized spacial score (nSPS) is 18.9. The van der Waals surface area contributed by atoms with Crippen molar-refractivity contribution in [2.24, 2.45) is 11.1 Å². The molecule has 1 amide bonds. The molecule has 1 atom stereocenters. The molecule has 2 aromatic carbocycles. The first kappa shape index (κ1) is 18.9. The van der Waals surface area contributed by atoms with E-state index >= 15 is 0 Å². The van der Waals surface area contributed by atoms with Crippen LogP contribution in [0.5, 0.6) is 0 Å². The molecule has 2 aliphatic rings. The van der Waals surface area contributed by atoms with E-state index in [4.69, 9.17) is 16.4 Å². The first-order valence-electron chi connectivity index (χ1n) is 9.60. The van der Waals surface area contributed by atoms with Gasteiger partial charge in [-0.25, -0.2) is 4.39 Å². The minimum atomic E-state index is -0.277. The van der Waals surface area contributed by atoms with E-state index in [0.29, 0.717) is 24.5 Å². The van der Waals surface area contributed by atoms with Crippen LogP contribution >= 0.6 is 11.6 Å². The van der Waals surface area contributed by atoms with E-state index in [0.717, 1.165) is 36.1 Å². The van der Waals surface area contributed by atoms with Crippen LogP contribution in [0.15, 0.2) is 53.7 Å². The minimum Gasteiger partial charge on any atom is -0.390 e. The van der Waals surface area contributed by atoms with Gasteiger partial charge in [0.05, 0.1) is 12.3 Å². The summed E-state index contributed by atoms with van der Waals surface area (Å²) in [5, 5.41) is 4.89. The van der Waals surface area contributed by atoms with E-state index < -0.39 is 0 Å². The third kappa shape index (κ3) is 4.36. The molecule has 1 aliphatic heterocycles. The molecule has 6 heteroatoms. The third-order valence-electron chi connectivity index (χ3n) is 5.39. The Hall–Kier alpha value is -2.40. The maximum atomic E-state index is 13.2. The Morgan fingerprint density at radius 1 is 1.14 bits per heavy atom. The van der Waals surface area contributed by atoms with Crippen LogP contribution in [0.1, 0.15) is 36.8 Å². The Morgan fingerprint density at radius 3 is 2.50 bits per heavy atom. The fourth-order valence-electron chi connectivity index (χ4n) is 3.54. The summed E-state index contributed by atoms with van der Waals surface area (Å²) in [4.78, 5) is 20.4. The van der Waals surface area contributed by atoms with Gasteiger partial charge in [0.1, 0.15) is 5.82 Å². The summed E-state index contributed by atoms with van der Waals surface area (Å²) in [6.07, 6.45) is 3.44. The molecule has 0 spiro atoms. The number of oxime groups is 1. The maximum absolute atomic E-state index is 13.2. The maximum Gasteiger partial charge on any atom is 0.226 e. The SMILES string of the molecule is O=C(C1CCC1)N(Cc1ccc(F)cc1)C[C@@H]1CC(c2ccc(Cl)cc2)=NO1. The largest absolute Gasteiger partial charge is 0.390 e. The second-order valence-electron chi connectivity index (χ2n) is 7.45. The summed E-state index contributed by atoms with van der Waals surface area (Å²) < 4.78 is 13.2. The quantitative estimate of drug-likeness (QED) is 0.698. The molecule has 0 N–H and O–H groups in total. The van der Waals surface area contributed by atoms with Crippen LogP contribution < -0.4 is 0 Å². The third-order valence-corrected chi connectivity index (χ3v) is 5.64. The molecule has 1 aliphatic carbocycles. The highest BCUT2D eigenvalue weighted by molar-refractivity contribution is 6.30. The zero-order valence-corrected chi connectivity index (χ0v) is 16.2. The Labute approximate surface area is 168 Å². The second kappa shape index (κ2) is 8.31. The molecule has 1 fully saturated rings. The van der Waals surface area contributed by atoms with Gasteiger partial charge in [0.15, 0.2) is 6.10 Å². The number of hydrogen-bond acceptors (Lipinski definition) is 3. The van der Waals surface area contributed by atoms with Crippen molar-refractivity contribution >= 4 is 23.2 Å². The van der Waals surface area contributed by atoms with E-state index in [9.17, 15) is 9.18 Å². The lowest BCUT2D eigenvalue weighted by molar-refractivity contribution is -0.140. The van der Waals surface area contributed by atoms with Crippen molar-refractivity contribution in [2.45, 2.75) is 38.3 Å². The molecule has 0 radical (unpaired) electrons. The van der Waals surface area contributed by atoms with Crippen LogP contribution in [-0.2, 0) is 16.2 Å². The fraction of sp³-hybridized carbons (Fsp3) is 0.364. The molecule has 1 heterocycles. The van der Waals surface area contributed by atoms with Crippen LogP contribution in [0.4, 0.5) is 4.39 Å². The van der Waals surface area contributed by atoms with Gasteiger partial charge >= 0.3 is 0 Å². The van der Waals surface area contributed by atoms with E-state index in [2.05, 4.69) is 5.16 Å². The first-order valence-corrected chi connectivity index (χ1v) is 9.98. The summed E-state index contributed by atoms with van der Waals surface area (Å²) in [5.41, 5.74) is 2.74. The van der Waals surface area contributed by atoms with Crippen LogP contribution in [-0.4, -0.2) is 29.2 Å². The van der Waals surface area contributed by atoms with Crippen molar-refractivity contribution < 1.29 is 14.0 Å². The van der Waals surface area contributed by atoms with Crippen LogP contribution in [0.2, 0.25) is 5.02 Å². The predicted octanol–water partition coefficient (Wildman–Crippen LogP) is 4.80. The van der Waals surface area contributed by atoms with E-state index in [1.54, 1.807) is 12.1 Å². The molecule has 0 bridgehead atoms. The van der Waals surface area contributed by atoms with Crippen LogP contribution in [0.3, 0.4) is 0 Å². The van der Waals surface area contributed by atoms with Crippen molar-refractivity contribution in [3.8, 4) is 0 Å². The number of carbonyl (C=O) groups excluding carboxylic acids is 1. The summed E-state index contributed by atoms with van der Waals surface area (Å²) in [5.74, 6) is -0.0293. The monoisotopic (exact) mass is 400 g/mol. The number of carbonyl (C=O) groups is 1. The lowest BCUT2D eigenvalue weighted by Crippen LogP contribution is -2.42. The summed E-state index contributed by atoms with van der Waals surface area (Å²) in [7, 11) is 0. The highest BCUT2D eigenvalue weighted by Gasteiger charge is 2.32. The zero-order valence-electron chi connectivity index (χ0n) is 15.5. The molecule has 0 unspecified atom stereocenters. The Kier molecular flexibility index (Phi) is 5.62. The number of rotatable bonds is 6. The van der Waals surface area contributed by atoms with Gasteiger partial charge in [-0.15, -0.1) is 0 Å². The standard InChI is InChI=1S/C22H22ClFN2O2/c23-18-8-6-16(7-9-18)21-12-20(28-25-21)14-26(22(27)17-2-1-3-17)13-15-4-10-19(24)11-5-15/h4-11,17,20H,1-3,12-14H2/t20-/m0/s1. The number of halogens is 2. The van der Waals surface area contributed by atoms with Gasteiger partial charge in [-0.2, -0.15) is 0 Å². The average molecular weight is 401 g/mol. The lowest BCUT2D eigenvalue weighted by Gasteiger charge is -2.32. The van der Waals surface area contributed by atoms with Gasteiger partial charge < -0.3 is 9.74 Å². The van der Waals surface area contributed by atoms with Crippen molar-refractivity contribution in [3.05, 3.63) is 70.5 Å². The summed E-state index contributed by atoms with van der Waals surface area (Å²) in [6, 6.07) is 13.8. The van der Waals surface area contributed by atoms with E-state index in [1.807, 2.05) is 29.2 Å². The lowest BCUT2D eigenvalue weighted by atomic mass is 9.84. The van der Waals surface area contributed by atoms with Gasteiger partial charge in [0.2, 0.25) is 5.91 Å². The van der Waals surface area contributed by atoms with Crippen LogP contribution in [0.25, 0.3) is 0 Å². The van der Waals surface area contributed by atoms with Crippen LogP contribution in [0, 0.1) is 11.7 Å². The Morgan fingerprint density at radius 2 is 1.86 bits per heavy atom. The second-order valence-corrected chi connectivity index (χ2v) is 7.89. The molecule has 28 heavy (non-hydrogen) atoms. The van der Waals surface area contributed by atoms with Crippen molar-refractivity contribution in [2.75, 3.05) is 6.54 Å². The predicted molar refractivity (Wildman–Crippen MR) is 107 cm³/mol. The van der Waals surface area contributed by atoms with E-state index in [-0.39, 0.29) is 23.7 Å². The van der Waals surface area contributed by atoms with Crippen molar-refractivity contribution in [1.82, 2.24) is 4.90 Å². The highest BCUT2D eigenvalue weighted by Crippen LogP contribution is 2.29. The molecule has 1 saturated carbocycles. The highest BCUT2D eigenvalue weighted by atomic mass is 35.5. The molecular formula is C22H22ClFN2O2. The number of benzene rings is 2. The smallest absolute Gasteiger partial charge is 0.226 e. The summed E-state index contributed by atoms with van der Waals surface area (Å²) >= 11 is 5.95. The number of amides is 1. The molecule has 4 nitrogen and oxygen atoms in total.